The van der Waals surface area contributed by atoms with Gasteiger partial charge in [-0.15, -0.1) is 0 Å². The lowest BCUT2D eigenvalue weighted by Gasteiger charge is -2.43. The fourth-order valence-electron chi connectivity index (χ4n) is 10.2. The highest BCUT2D eigenvalue weighted by Gasteiger charge is 2.49. The van der Waals surface area contributed by atoms with Gasteiger partial charge in [0.1, 0.15) is 28.5 Å². The Morgan fingerprint density at radius 3 is 2.06 bits per heavy atom. The molecule has 5 N–H and O–H groups in total. The van der Waals surface area contributed by atoms with E-state index in [1.807, 2.05) is 24.3 Å². The van der Waals surface area contributed by atoms with Gasteiger partial charge in [0.25, 0.3) is 0 Å². The number of benzene rings is 3. The molecule has 72 heavy (non-hydrogen) atoms. The van der Waals surface area contributed by atoms with Gasteiger partial charge in [-0.25, -0.2) is 0 Å². The van der Waals surface area contributed by atoms with Crippen molar-refractivity contribution in [2.24, 2.45) is 14.1 Å². The number of pyridine rings is 1. The Kier molecular flexibility index (Phi) is 13.5. The lowest BCUT2D eigenvalue weighted by molar-refractivity contribution is -0.249. The minimum absolute atomic E-state index is 0.0431. The van der Waals surface area contributed by atoms with E-state index in [1.54, 1.807) is 79.1 Å². The second kappa shape index (κ2) is 19.7. The Bertz CT molecular complexity index is 3170. The number of nitrogens with zero attached hydrogens (tertiary/aromatic N) is 3. The maximum absolute atomic E-state index is 14.1. The molecule has 1 saturated heterocycles. The van der Waals surface area contributed by atoms with Crippen LogP contribution in [0.5, 0.6) is 17.2 Å². The number of nitrogens with one attached hydrogen (secondary N) is 1. The maximum atomic E-state index is 14.1. The van der Waals surface area contributed by atoms with E-state index in [-0.39, 0.29) is 77.5 Å². The van der Waals surface area contributed by atoms with E-state index in [0.29, 0.717) is 34.8 Å². The lowest BCUT2D eigenvalue weighted by atomic mass is 9.72. The minimum atomic E-state index is -2.09. The SMILES string of the molecule is COc1cccc2c1C(=O)c1c(O)c3c(c(O)c1C2=O)C[C@@](O)(C(C)=O)C[C@@H]3OC1CC(NCc2ccc(CC(=O)c3cc(CC(=O)c4cc(CC(=O)c5ccccn5)cn4C)cn3C)cc2)C(O)C(C)O1. The van der Waals surface area contributed by atoms with E-state index < -0.39 is 82.6 Å². The molecular formula is C55H54N4O13. The van der Waals surface area contributed by atoms with Crippen LogP contribution >= 0.6 is 0 Å². The smallest absolute Gasteiger partial charge is 0.202 e. The molecule has 17 heteroatoms. The number of phenols is 2. The second-order valence-electron chi connectivity index (χ2n) is 19.0. The molecule has 0 spiro atoms. The first-order chi connectivity index (χ1) is 34.3. The number of carbonyl (C=O) groups is 6. The average Bonchev–Trinajstić information content (AvgIpc) is 3.92. The zero-order valence-corrected chi connectivity index (χ0v) is 40.3. The average molecular weight is 979 g/mol. The molecule has 4 heterocycles. The number of methoxy groups -OCH3 is 1. The summed E-state index contributed by atoms with van der Waals surface area (Å²) in [5.74, 6) is -3.81. The fourth-order valence-corrected chi connectivity index (χ4v) is 10.2. The van der Waals surface area contributed by atoms with Gasteiger partial charge in [0.15, 0.2) is 35.2 Å². The van der Waals surface area contributed by atoms with Gasteiger partial charge in [-0.05, 0) is 66.4 Å². The van der Waals surface area contributed by atoms with E-state index in [9.17, 15) is 49.2 Å². The molecule has 9 rings (SSSR count). The minimum Gasteiger partial charge on any atom is -0.507 e. The van der Waals surface area contributed by atoms with Crippen LogP contribution in [0.2, 0.25) is 0 Å². The molecule has 3 aliphatic rings. The quantitative estimate of drug-likeness (QED) is 0.0617. The molecule has 6 atom stereocenters. The number of hydrogen-bond acceptors (Lipinski definition) is 15. The van der Waals surface area contributed by atoms with Crippen molar-refractivity contribution < 1.29 is 63.4 Å². The van der Waals surface area contributed by atoms with Crippen LogP contribution in [0.4, 0.5) is 0 Å². The number of aliphatic hydroxyl groups is 2. The molecule has 17 nitrogen and oxygen atoms in total. The van der Waals surface area contributed by atoms with Crippen LogP contribution in [0.15, 0.2) is 91.4 Å². The molecule has 0 amide bonds. The molecule has 0 bridgehead atoms. The van der Waals surface area contributed by atoms with Crippen molar-refractivity contribution in [1.82, 2.24) is 19.4 Å². The summed E-state index contributed by atoms with van der Waals surface area (Å²) in [6.07, 6.45) is 0.385. The molecule has 2 aliphatic carbocycles. The molecular weight excluding hydrogens is 925 g/mol. The number of aromatic nitrogens is 3. The van der Waals surface area contributed by atoms with Gasteiger partial charge in [-0.2, -0.15) is 0 Å². The fraction of sp³-hybridized carbons (Fsp3) is 0.327. The largest absolute Gasteiger partial charge is 0.507 e. The third kappa shape index (κ3) is 9.32. The normalized spacial score (nSPS) is 21.4. The van der Waals surface area contributed by atoms with Crippen LogP contribution in [-0.4, -0.2) is 106 Å². The molecule has 1 aliphatic heterocycles. The van der Waals surface area contributed by atoms with Crippen molar-refractivity contribution in [3.05, 3.63) is 164 Å². The summed E-state index contributed by atoms with van der Waals surface area (Å²) >= 11 is 0. The van der Waals surface area contributed by atoms with Crippen molar-refractivity contribution in [1.29, 1.82) is 0 Å². The lowest BCUT2D eigenvalue weighted by Crippen LogP contribution is -2.54. The number of hydrogen-bond donors (Lipinski definition) is 5. The van der Waals surface area contributed by atoms with Crippen LogP contribution in [0.3, 0.4) is 0 Å². The first-order valence-corrected chi connectivity index (χ1v) is 23.6. The van der Waals surface area contributed by atoms with Crippen LogP contribution in [0.25, 0.3) is 0 Å². The third-order valence-corrected chi connectivity index (χ3v) is 14.1. The number of carbonyl (C=O) groups excluding carboxylic acids is 6. The standard InChI is InChI=1S/C55H54N4O13/c1-28-50(64)37(22-45(71-28)72-44-24-55(69,29(2)60)23-35-47(44)54(68)49-48(52(35)66)51(65)34-9-8-11-43(70-5)46(34)53(49)67)57-25-31-14-12-30(13-15-31)19-41(62)38-18-33(27-59(38)4)21-42(63)39-17-32(26-58(39)3)20-40(61)36-10-6-7-16-56-36/h6-18,26-28,37,44-45,50,57,64,66,68-69H,19-25H2,1-5H3/t28?,37?,44-,45?,50?,55-/m0/s1. The molecule has 1 fully saturated rings. The Labute approximate surface area is 414 Å². The summed E-state index contributed by atoms with van der Waals surface area (Å²) in [4.78, 5) is 84.7. The molecule has 3 aromatic heterocycles. The van der Waals surface area contributed by atoms with Crippen molar-refractivity contribution >= 4 is 34.7 Å². The van der Waals surface area contributed by atoms with E-state index >= 15 is 0 Å². The van der Waals surface area contributed by atoms with Crippen LogP contribution in [0.1, 0.15) is 129 Å². The Morgan fingerprint density at radius 1 is 0.806 bits per heavy atom. The molecule has 0 saturated carbocycles. The number of Topliss-reactive ketones (excluding diaryl/α,β-unsaturated/α-hetero) is 4. The molecule has 372 valence electrons. The summed E-state index contributed by atoms with van der Waals surface area (Å²) in [5, 5.41) is 49.9. The van der Waals surface area contributed by atoms with E-state index in [4.69, 9.17) is 14.2 Å². The number of ketones is 6. The number of phenolic OH excluding ortho intramolecular Hbond substituents is 2. The topological polar surface area (TPSA) is 246 Å². The predicted molar refractivity (Wildman–Crippen MR) is 259 cm³/mol. The number of fused-ring (bicyclic) bond motifs is 3. The number of aromatic hydroxyl groups is 2. The van der Waals surface area contributed by atoms with Crippen molar-refractivity contribution in [3.63, 3.8) is 0 Å². The zero-order valence-electron chi connectivity index (χ0n) is 40.3. The van der Waals surface area contributed by atoms with Crippen LogP contribution in [-0.2, 0) is 60.6 Å². The summed E-state index contributed by atoms with van der Waals surface area (Å²) in [7, 11) is 4.84. The highest BCUT2D eigenvalue weighted by molar-refractivity contribution is 6.31. The molecule has 0 radical (unpaired) electrons. The summed E-state index contributed by atoms with van der Waals surface area (Å²) in [6, 6.07) is 19.8. The first kappa shape index (κ1) is 49.6. The van der Waals surface area contributed by atoms with E-state index in [2.05, 4.69) is 10.3 Å². The summed E-state index contributed by atoms with van der Waals surface area (Å²) in [5.41, 5.74) is 0.909. The first-order valence-electron chi connectivity index (χ1n) is 23.6. The second-order valence-corrected chi connectivity index (χ2v) is 19.0. The highest BCUT2D eigenvalue weighted by Crippen LogP contribution is 2.52. The molecule has 6 aromatic rings. The van der Waals surface area contributed by atoms with Gasteiger partial charge in [-0.3, -0.25) is 33.8 Å². The summed E-state index contributed by atoms with van der Waals surface area (Å²) in [6.45, 7) is 3.13. The zero-order chi connectivity index (χ0) is 51.3. The van der Waals surface area contributed by atoms with Gasteiger partial charge >= 0.3 is 0 Å². The monoisotopic (exact) mass is 978 g/mol. The molecule has 3 aromatic carbocycles. The van der Waals surface area contributed by atoms with Gasteiger partial charge in [-0.1, -0.05) is 42.5 Å². The van der Waals surface area contributed by atoms with Crippen molar-refractivity contribution in [3.8, 4) is 17.2 Å². The summed E-state index contributed by atoms with van der Waals surface area (Å²) < 4.78 is 21.3. The Hall–Kier alpha value is -7.41. The van der Waals surface area contributed by atoms with Crippen molar-refractivity contribution in [2.75, 3.05) is 7.11 Å². The van der Waals surface area contributed by atoms with Gasteiger partial charge < -0.3 is 49.1 Å². The maximum Gasteiger partial charge on any atom is 0.202 e. The highest BCUT2D eigenvalue weighted by atomic mass is 16.7. The van der Waals surface area contributed by atoms with Gasteiger partial charge in [0.2, 0.25) is 5.78 Å². The third-order valence-electron chi connectivity index (χ3n) is 14.1. The molecule has 4 unspecified atom stereocenters. The van der Waals surface area contributed by atoms with Crippen LogP contribution < -0.4 is 10.1 Å². The van der Waals surface area contributed by atoms with Gasteiger partial charge in [0, 0.05) is 100 Å². The Morgan fingerprint density at radius 2 is 1.43 bits per heavy atom. The number of aryl methyl sites for hydroxylation is 2. The van der Waals surface area contributed by atoms with E-state index in [1.165, 1.54) is 32.2 Å². The van der Waals surface area contributed by atoms with Crippen LogP contribution in [0, 0.1) is 0 Å². The number of ether oxygens (including phenoxy) is 3. The number of rotatable bonds is 16. The van der Waals surface area contributed by atoms with Gasteiger partial charge in [0.05, 0.1) is 53.5 Å². The Balaban J connectivity index is 0.844. The number of aliphatic hydroxyl groups excluding tert-OH is 1. The van der Waals surface area contributed by atoms with Crippen molar-refractivity contribution in [2.45, 2.75) is 95.2 Å². The van der Waals surface area contributed by atoms with E-state index in [0.717, 1.165) is 11.1 Å². The predicted octanol–water partition coefficient (Wildman–Crippen LogP) is 5.21.